The second-order valence-corrected chi connectivity index (χ2v) is 4.02. The van der Waals surface area contributed by atoms with Crippen molar-refractivity contribution < 1.29 is 9.13 Å². The van der Waals surface area contributed by atoms with Crippen molar-refractivity contribution >= 4 is 22.3 Å². The molecule has 0 aliphatic heterocycles. The maximum Gasteiger partial charge on any atom is 0.133 e. The number of aromatic nitrogens is 1. The zero-order chi connectivity index (χ0) is 13.0. The van der Waals surface area contributed by atoms with E-state index in [0.29, 0.717) is 23.5 Å². The maximum absolute atomic E-state index is 13.4. The third kappa shape index (κ3) is 2.68. The molecule has 0 saturated heterocycles. The van der Waals surface area contributed by atoms with Gasteiger partial charge in [0.2, 0.25) is 0 Å². The number of pyridine rings is 1. The number of nitrogens with zero attached hydrogens (tertiary/aromatic N) is 1. The zero-order valence-corrected chi connectivity index (χ0v) is 10.2. The van der Waals surface area contributed by atoms with E-state index in [2.05, 4.69) is 10.3 Å². The smallest absolute Gasteiger partial charge is 0.133 e. The molecule has 1 aromatic heterocycles. The van der Waals surface area contributed by atoms with Crippen LogP contribution in [0.15, 0.2) is 24.4 Å². The molecule has 0 fully saturated rings. The zero-order valence-electron chi connectivity index (χ0n) is 10.2. The van der Waals surface area contributed by atoms with Crippen molar-refractivity contribution in [3.8, 4) is 0 Å². The summed E-state index contributed by atoms with van der Waals surface area (Å²) in [5.74, 6) is 0.294. The van der Waals surface area contributed by atoms with E-state index in [1.54, 1.807) is 19.4 Å². The highest BCUT2D eigenvalue weighted by molar-refractivity contribution is 5.99. The quantitative estimate of drug-likeness (QED) is 0.631. The first-order valence-electron chi connectivity index (χ1n) is 5.79. The highest BCUT2D eigenvalue weighted by atomic mass is 19.1. The number of nitrogens with two attached hydrogens (primary N) is 1. The predicted octanol–water partition coefficient (Wildman–Crippen LogP) is 2.40. The van der Waals surface area contributed by atoms with Crippen LogP contribution in [0.5, 0.6) is 0 Å². The molecule has 5 heteroatoms. The number of anilines is 2. The SMILES string of the molecule is COCCCNc1nccc2c(N)cc(F)cc12. The monoisotopic (exact) mass is 249 g/mol. The number of ether oxygens (including phenoxy) is 1. The fourth-order valence-corrected chi connectivity index (χ4v) is 1.84. The number of nitrogen functional groups attached to an aromatic ring is 1. The van der Waals surface area contributed by atoms with E-state index < -0.39 is 0 Å². The van der Waals surface area contributed by atoms with E-state index in [0.717, 1.165) is 18.4 Å². The number of nitrogens with one attached hydrogen (secondary N) is 1. The minimum absolute atomic E-state index is 0.354. The summed E-state index contributed by atoms with van der Waals surface area (Å²) in [5.41, 5.74) is 6.21. The number of fused-ring (bicyclic) bond motifs is 1. The second-order valence-electron chi connectivity index (χ2n) is 4.02. The summed E-state index contributed by atoms with van der Waals surface area (Å²) in [7, 11) is 1.66. The van der Waals surface area contributed by atoms with Gasteiger partial charge < -0.3 is 15.8 Å². The first-order valence-corrected chi connectivity index (χ1v) is 5.79. The lowest BCUT2D eigenvalue weighted by atomic mass is 10.1. The van der Waals surface area contributed by atoms with E-state index in [1.807, 2.05) is 0 Å². The number of halogens is 1. The van der Waals surface area contributed by atoms with Gasteiger partial charge >= 0.3 is 0 Å². The molecule has 0 aliphatic carbocycles. The van der Waals surface area contributed by atoms with Crippen LogP contribution in [0.25, 0.3) is 10.8 Å². The van der Waals surface area contributed by atoms with E-state index in [4.69, 9.17) is 10.5 Å². The normalized spacial score (nSPS) is 10.8. The Morgan fingerprint density at radius 3 is 3.00 bits per heavy atom. The minimum Gasteiger partial charge on any atom is -0.398 e. The molecule has 2 rings (SSSR count). The van der Waals surface area contributed by atoms with Crippen LogP contribution in [0.2, 0.25) is 0 Å². The van der Waals surface area contributed by atoms with E-state index in [-0.39, 0.29) is 5.82 Å². The molecule has 3 N–H and O–H groups in total. The fourth-order valence-electron chi connectivity index (χ4n) is 1.84. The standard InChI is InChI=1S/C13H16FN3O/c1-18-6-2-4-16-13-11-7-9(14)8-12(15)10(11)3-5-17-13/h3,5,7-8H,2,4,6,15H2,1H3,(H,16,17). The first kappa shape index (κ1) is 12.6. The van der Waals surface area contributed by atoms with Crippen LogP contribution in [0.1, 0.15) is 6.42 Å². The average Bonchev–Trinajstić information content (AvgIpc) is 2.35. The molecule has 0 aliphatic rings. The van der Waals surface area contributed by atoms with Crippen LogP contribution in [0.3, 0.4) is 0 Å². The minimum atomic E-state index is -0.354. The van der Waals surface area contributed by atoms with Gasteiger partial charge in [-0.2, -0.15) is 0 Å². The Labute approximate surface area is 105 Å². The largest absolute Gasteiger partial charge is 0.398 e. The Morgan fingerprint density at radius 2 is 2.22 bits per heavy atom. The highest BCUT2D eigenvalue weighted by Gasteiger charge is 2.06. The molecule has 0 atom stereocenters. The lowest BCUT2D eigenvalue weighted by Crippen LogP contribution is -2.06. The van der Waals surface area contributed by atoms with Crippen molar-refractivity contribution in [2.75, 3.05) is 31.3 Å². The molecule has 0 saturated carbocycles. The molecule has 4 nitrogen and oxygen atoms in total. The summed E-state index contributed by atoms with van der Waals surface area (Å²) >= 11 is 0. The molecule has 96 valence electrons. The van der Waals surface area contributed by atoms with Gasteiger partial charge in [0.25, 0.3) is 0 Å². The molecule has 0 bridgehead atoms. The average molecular weight is 249 g/mol. The van der Waals surface area contributed by atoms with Crippen LogP contribution in [0.4, 0.5) is 15.9 Å². The van der Waals surface area contributed by atoms with Crippen LogP contribution in [-0.4, -0.2) is 25.2 Å². The first-order chi connectivity index (χ1) is 8.72. The van der Waals surface area contributed by atoms with Gasteiger partial charge in [0.05, 0.1) is 0 Å². The van der Waals surface area contributed by atoms with Gasteiger partial charge in [-0.25, -0.2) is 9.37 Å². The molecule has 1 aromatic carbocycles. The summed E-state index contributed by atoms with van der Waals surface area (Å²) in [5, 5.41) is 4.67. The fraction of sp³-hybridized carbons (Fsp3) is 0.308. The number of hydrogen-bond acceptors (Lipinski definition) is 4. The lowest BCUT2D eigenvalue weighted by Gasteiger charge is -2.10. The van der Waals surface area contributed by atoms with Crippen molar-refractivity contribution in [3.05, 3.63) is 30.2 Å². The van der Waals surface area contributed by atoms with Crippen LogP contribution >= 0.6 is 0 Å². The molecule has 0 radical (unpaired) electrons. The second kappa shape index (κ2) is 5.64. The molecule has 0 unspecified atom stereocenters. The van der Waals surface area contributed by atoms with Crippen molar-refractivity contribution in [2.45, 2.75) is 6.42 Å². The number of benzene rings is 1. The summed E-state index contributed by atoms with van der Waals surface area (Å²) in [6.07, 6.45) is 2.52. The van der Waals surface area contributed by atoms with Crippen LogP contribution < -0.4 is 11.1 Å². The summed E-state index contributed by atoms with van der Waals surface area (Å²) in [6, 6.07) is 4.54. The number of hydrogen-bond donors (Lipinski definition) is 2. The summed E-state index contributed by atoms with van der Waals surface area (Å²) in [4.78, 5) is 4.21. The van der Waals surface area contributed by atoms with E-state index >= 15 is 0 Å². The molecule has 0 spiro atoms. The van der Waals surface area contributed by atoms with E-state index in [9.17, 15) is 4.39 Å². The van der Waals surface area contributed by atoms with Crippen molar-refractivity contribution in [1.82, 2.24) is 4.98 Å². The number of methoxy groups -OCH3 is 1. The van der Waals surface area contributed by atoms with Gasteiger partial charge in [0, 0.05) is 42.9 Å². The van der Waals surface area contributed by atoms with Crippen molar-refractivity contribution in [3.63, 3.8) is 0 Å². The van der Waals surface area contributed by atoms with Gasteiger partial charge in [-0.1, -0.05) is 0 Å². The molecular weight excluding hydrogens is 233 g/mol. The summed E-state index contributed by atoms with van der Waals surface area (Å²) < 4.78 is 18.3. The molecule has 0 amide bonds. The van der Waals surface area contributed by atoms with Crippen molar-refractivity contribution in [2.24, 2.45) is 0 Å². The maximum atomic E-state index is 13.4. The Balaban J connectivity index is 2.27. The third-order valence-corrected chi connectivity index (χ3v) is 2.69. The predicted molar refractivity (Wildman–Crippen MR) is 71.1 cm³/mol. The Morgan fingerprint density at radius 1 is 1.39 bits per heavy atom. The Kier molecular flexibility index (Phi) is 3.94. The third-order valence-electron chi connectivity index (χ3n) is 2.69. The Bertz CT molecular complexity index is 545. The molecule has 2 aromatic rings. The van der Waals surface area contributed by atoms with E-state index in [1.165, 1.54) is 12.1 Å². The molecule has 18 heavy (non-hydrogen) atoms. The van der Waals surface area contributed by atoms with Gasteiger partial charge in [-0.3, -0.25) is 0 Å². The van der Waals surface area contributed by atoms with Gasteiger partial charge in [0.1, 0.15) is 11.6 Å². The van der Waals surface area contributed by atoms with Crippen LogP contribution in [-0.2, 0) is 4.74 Å². The van der Waals surface area contributed by atoms with Crippen LogP contribution in [0, 0.1) is 5.82 Å². The number of rotatable bonds is 5. The Hall–Kier alpha value is -1.88. The van der Waals surface area contributed by atoms with Crippen molar-refractivity contribution in [1.29, 1.82) is 0 Å². The van der Waals surface area contributed by atoms with Gasteiger partial charge in [-0.15, -0.1) is 0 Å². The molecular formula is C13H16FN3O. The van der Waals surface area contributed by atoms with Gasteiger partial charge in [-0.05, 0) is 24.6 Å². The summed E-state index contributed by atoms with van der Waals surface area (Å²) in [6.45, 7) is 1.39. The highest BCUT2D eigenvalue weighted by Crippen LogP contribution is 2.27. The van der Waals surface area contributed by atoms with Gasteiger partial charge in [0.15, 0.2) is 0 Å². The lowest BCUT2D eigenvalue weighted by molar-refractivity contribution is 0.198. The molecule has 1 heterocycles. The topological polar surface area (TPSA) is 60.2 Å².